The van der Waals surface area contributed by atoms with Gasteiger partial charge >= 0.3 is 5.97 Å². The number of aliphatic carboxylic acids is 1. The quantitative estimate of drug-likeness (QED) is 0.0973. The standard InChI is InChI=1S/C33H44N6O9/c1-4-19(2)29(36-20(3)40)33(48)39-26(17-22-10-12-23(41)13-11-22)31(46)35-18-27(42)37-24(14-15-28(43)44)32(47)38-25(30(34)45)16-21-8-6-5-7-9-21/h5-13,19,24-26,29,41H,4,14-18H2,1-3H3,(H2,34,45)(H,35,46)(H,36,40)(H,37,42)(H,38,47)(H,39,48)(H,43,44)/t19-,24+,25+,26+,29-/m0/s1. The van der Waals surface area contributed by atoms with Gasteiger partial charge in [0, 0.05) is 26.2 Å². The average Bonchev–Trinajstić information content (AvgIpc) is 3.04. The van der Waals surface area contributed by atoms with Crippen molar-refractivity contribution in [3.63, 3.8) is 0 Å². The molecular formula is C33H44N6O9. The Morgan fingerprint density at radius 1 is 0.750 bits per heavy atom. The van der Waals surface area contributed by atoms with Crippen LogP contribution >= 0.6 is 0 Å². The summed E-state index contributed by atoms with van der Waals surface area (Å²) in [5, 5.41) is 31.3. The highest BCUT2D eigenvalue weighted by molar-refractivity contribution is 5.95. The Kier molecular flexibility index (Phi) is 15.5. The van der Waals surface area contributed by atoms with Crippen molar-refractivity contribution in [2.24, 2.45) is 11.7 Å². The molecule has 2 aromatic rings. The second-order valence-corrected chi connectivity index (χ2v) is 11.4. The van der Waals surface area contributed by atoms with Crippen LogP contribution in [-0.4, -0.2) is 82.3 Å². The summed E-state index contributed by atoms with van der Waals surface area (Å²) < 4.78 is 0. The van der Waals surface area contributed by atoms with Gasteiger partial charge in [-0.05, 0) is 35.6 Å². The third kappa shape index (κ3) is 13.5. The van der Waals surface area contributed by atoms with Crippen molar-refractivity contribution in [2.45, 2.75) is 77.0 Å². The fourth-order valence-electron chi connectivity index (χ4n) is 4.68. The van der Waals surface area contributed by atoms with Crippen LogP contribution in [0.25, 0.3) is 0 Å². The smallest absolute Gasteiger partial charge is 0.303 e. The van der Waals surface area contributed by atoms with Crippen molar-refractivity contribution in [3.8, 4) is 5.75 Å². The van der Waals surface area contributed by atoms with Crippen LogP contribution in [0.4, 0.5) is 0 Å². The van der Waals surface area contributed by atoms with Crippen LogP contribution in [-0.2, 0) is 46.4 Å². The van der Waals surface area contributed by atoms with E-state index in [2.05, 4.69) is 26.6 Å². The summed E-state index contributed by atoms with van der Waals surface area (Å²) in [5.41, 5.74) is 6.76. The lowest BCUT2D eigenvalue weighted by molar-refractivity contribution is -0.138. The second-order valence-electron chi connectivity index (χ2n) is 11.4. The van der Waals surface area contributed by atoms with Crippen molar-refractivity contribution >= 4 is 41.4 Å². The zero-order chi connectivity index (χ0) is 35.8. The highest BCUT2D eigenvalue weighted by atomic mass is 16.4. The first-order chi connectivity index (χ1) is 22.7. The van der Waals surface area contributed by atoms with Crippen molar-refractivity contribution in [1.29, 1.82) is 0 Å². The Balaban J connectivity index is 2.16. The first-order valence-electron chi connectivity index (χ1n) is 15.5. The molecule has 260 valence electrons. The van der Waals surface area contributed by atoms with E-state index < -0.39 is 78.5 Å². The summed E-state index contributed by atoms with van der Waals surface area (Å²) in [6.07, 6.45) is -0.233. The summed E-state index contributed by atoms with van der Waals surface area (Å²) in [6, 6.07) is 9.96. The maximum atomic E-state index is 13.3. The number of carbonyl (C=O) groups is 7. The van der Waals surface area contributed by atoms with Crippen LogP contribution in [0, 0.1) is 5.92 Å². The molecule has 0 aromatic heterocycles. The molecule has 0 bridgehead atoms. The molecule has 0 aliphatic carbocycles. The Morgan fingerprint density at radius 2 is 1.33 bits per heavy atom. The van der Waals surface area contributed by atoms with Gasteiger partial charge in [-0.15, -0.1) is 0 Å². The zero-order valence-electron chi connectivity index (χ0n) is 27.2. The van der Waals surface area contributed by atoms with Crippen LogP contribution in [0.15, 0.2) is 54.6 Å². The van der Waals surface area contributed by atoms with Crippen LogP contribution in [0.5, 0.6) is 5.75 Å². The monoisotopic (exact) mass is 668 g/mol. The van der Waals surface area contributed by atoms with Gasteiger partial charge < -0.3 is 42.5 Å². The molecule has 0 saturated heterocycles. The maximum absolute atomic E-state index is 13.3. The van der Waals surface area contributed by atoms with Gasteiger partial charge in [0.25, 0.3) is 0 Å². The number of benzene rings is 2. The van der Waals surface area contributed by atoms with E-state index in [1.54, 1.807) is 49.4 Å². The number of carbonyl (C=O) groups excluding carboxylic acids is 6. The number of primary amides is 1. The van der Waals surface area contributed by atoms with Gasteiger partial charge in [0.05, 0.1) is 6.54 Å². The van der Waals surface area contributed by atoms with Gasteiger partial charge in [0.1, 0.15) is 29.9 Å². The van der Waals surface area contributed by atoms with Crippen LogP contribution in [0.2, 0.25) is 0 Å². The molecule has 15 nitrogen and oxygen atoms in total. The number of hydrogen-bond donors (Lipinski definition) is 8. The van der Waals surface area contributed by atoms with Gasteiger partial charge in [-0.2, -0.15) is 0 Å². The number of phenols is 1. The molecule has 0 heterocycles. The minimum atomic E-state index is -1.38. The lowest BCUT2D eigenvalue weighted by atomic mass is 9.97. The molecule has 9 N–H and O–H groups in total. The third-order valence-electron chi connectivity index (χ3n) is 7.53. The summed E-state index contributed by atoms with van der Waals surface area (Å²) in [4.78, 5) is 87.7. The van der Waals surface area contributed by atoms with E-state index in [9.17, 15) is 43.8 Å². The van der Waals surface area contributed by atoms with Crippen molar-refractivity contribution in [3.05, 3.63) is 65.7 Å². The Morgan fingerprint density at radius 3 is 1.90 bits per heavy atom. The number of carboxylic acid groups (broad SMARTS) is 1. The largest absolute Gasteiger partial charge is 0.508 e. The first-order valence-corrected chi connectivity index (χ1v) is 15.5. The van der Waals surface area contributed by atoms with Crippen LogP contribution in [0.1, 0.15) is 51.2 Å². The molecule has 6 amide bonds. The lowest BCUT2D eigenvalue weighted by Gasteiger charge is -2.26. The molecule has 0 radical (unpaired) electrons. The lowest BCUT2D eigenvalue weighted by Crippen LogP contribution is -2.57. The highest BCUT2D eigenvalue weighted by Crippen LogP contribution is 2.13. The minimum absolute atomic E-state index is 0.00773. The SMILES string of the molecule is CC[C@H](C)[C@H](NC(C)=O)C(=O)N[C@H](Cc1ccc(O)cc1)C(=O)NCC(=O)N[C@H](CCC(=O)O)C(=O)N[C@H](Cc1ccccc1)C(N)=O. The van der Waals surface area contributed by atoms with Crippen molar-refractivity contribution in [1.82, 2.24) is 26.6 Å². The summed E-state index contributed by atoms with van der Waals surface area (Å²) in [5.74, 6) is -5.85. The van der Waals surface area contributed by atoms with E-state index in [1.807, 2.05) is 6.92 Å². The fourth-order valence-corrected chi connectivity index (χ4v) is 4.68. The van der Waals surface area contributed by atoms with Crippen molar-refractivity contribution in [2.75, 3.05) is 6.54 Å². The average molecular weight is 669 g/mol. The number of hydrogen-bond acceptors (Lipinski definition) is 8. The predicted molar refractivity (Wildman–Crippen MR) is 174 cm³/mol. The van der Waals surface area contributed by atoms with E-state index in [1.165, 1.54) is 19.1 Å². The molecular weight excluding hydrogens is 624 g/mol. The van der Waals surface area contributed by atoms with Crippen molar-refractivity contribution < 1.29 is 43.8 Å². The topological polar surface area (TPSA) is 246 Å². The minimum Gasteiger partial charge on any atom is -0.508 e. The molecule has 0 unspecified atom stereocenters. The van der Waals surface area contributed by atoms with Crippen LogP contribution < -0.4 is 32.3 Å². The van der Waals surface area contributed by atoms with Gasteiger partial charge in [-0.25, -0.2) is 0 Å². The normalized spacial score (nSPS) is 13.8. The molecule has 5 atom stereocenters. The number of carboxylic acids is 1. The molecule has 0 aliphatic heterocycles. The number of amides is 6. The second kappa shape index (κ2) is 19.3. The number of rotatable bonds is 19. The van der Waals surface area contributed by atoms with Gasteiger partial charge in [0.2, 0.25) is 35.4 Å². The molecule has 15 heteroatoms. The predicted octanol–water partition coefficient (Wildman–Crippen LogP) is -0.351. The zero-order valence-corrected chi connectivity index (χ0v) is 27.2. The number of nitrogens with two attached hydrogens (primary N) is 1. The number of aromatic hydroxyl groups is 1. The Bertz CT molecular complexity index is 1430. The van der Waals surface area contributed by atoms with Gasteiger partial charge in [-0.3, -0.25) is 33.6 Å². The molecule has 0 saturated carbocycles. The fraction of sp³-hybridized carbons (Fsp3) is 0.424. The van der Waals surface area contributed by atoms with E-state index in [0.717, 1.165) is 0 Å². The molecule has 2 rings (SSSR count). The van der Waals surface area contributed by atoms with Crippen LogP contribution in [0.3, 0.4) is 0 Å². The maximum Gasteiger partial charge on any atom is 0.303 e. The van der Waals surface area contributed by atoms with Gasteiger partial charge in [0.15, 0.2) is 0 Å². The molecule has 2 aromatic carbocycles. The molecule has 0 aliphatic rings. The molecule has 0 fully saturated rings. The summed E-state index contributed by atoms with van der Waals surface area (Å²) in [6.45, 7) is 4.22. The number of phenolic OH excluding ortho intramolecular Hbond substituents is 1. The first kappa shape index (κ1) is 38.7. The third-order valence-corrected chi connectivity index (χ3v) is 7.53. The van der Waals surface area contributed by atoms with Gasteiger partial charge in [-0.1, -0.05) is 62.7 Å². The highest BCUT2D eigenvalue weighted by Gasteiger charge is 2.30. The Hall–Kier alpha value is -5.47. The summed E-state index contributed by atoms with van der Waals surface area (Å²) in [7, 11) is 0. The van der Waals surface area contributed by atoms with E-state index >= 15 is 0 Å². The van der Waals surface area contributed by atoms with E-state index in [0.29, 0.717) is 17.5 Å². The molecule has 0 spiro atoms. The van der Waals surface area contributed by atoms with E-state index in [4.69, 9.17) is 5.73 Å². The molecule has 48 heavy (non-hydrogen) atoms. The van der Waals surface area contributed by atoms with E-state index in [-0.39, 0.29) is 30.9 Å². The summed E-state index contributed by atoms with van der Waals surface area (Å²) >= 11 is 0. The Labute approximate surface area is 278 Å². The number of nitrogens with one attached hydrogen (secondary N) is 5.